The standard InChI is InChI=1S/C24H28N2O4S/c1-3-13-29-18-11-9-17(10-12-18)20-14-31-22-21(20)23(27)26(15-25-22)16(2)24(28)30-19-7-5-4-6-8-19/h9-12,14-16,19H,3-8,13H2,1-2H3. The quantitative estimate of drug-likeness (QED) is 0.463. The van der Waals surface area contributed by atoms with Gasteiger partial charge in [0.05, 0.1) is 18.3 Å². The Bertz CT molecular complexity index is 1100. The largest absolute Gasteiger partial charge is 0.494 e. The summed E-state index contributed by atoms with van der Waals surface area (Å²) in [4.78, 5) is 31.1. The first kappa shape index (κ1) is 21.6. The van der Waals surface area contributed by atoms with Gasteiger partial charge >= 0.3 is 5.97 Å². The van der Waals surface area contributed by atoms with Crippen LogP contribution in [0.4, 0.5) is 0 Å². The molecule has 1 saturated carbocycles. The van der Waals surface area contributed by atoms with Gasteiger partial charge < -0.3 is 9.47 Å². The highest BCUT2D eigenvalue weighted by Gasteiger charge is 2.25. The van der Waals surface area contributed by atoms with E-state index in [0.717, 1.165) is 49.0 Å². The summed E-state index contributed by atoms with van der Waals surface area (Å²) in [7, 11) is 0. The van der Waals surface area contributed by atoms with Crippen molar-refractivity contribution in [3.8, 4) is 16.9 Å². The van der Waals surface area contributed by atoms with Gasteiger partial charge in [-0.1, -0.05) is 25.5 Å². The highest BCUT2D eigenvalue weighted by atomic mass is 32.1. The molecule has 31 heavy (non-hydrogen) atoms. The van der Waals surface area contributed by atoms with Crippen LogP contribution in [-0.2, 0) is 9.53 Å². The van der Waals surface area contributed by atoms with Gasteiger partial charge in [0, 0.05) is 10.9 Å². The number of hydrogen-bond donors (Lipinski definition) is 0. The number of aromatic nitrogens is 2. The second-order valence-corrected chi connectivity index (χ2v) is 8.89. The van der Waals surface area contributed by atoms with Gasteiger partial charge in [-0.25, -0.2) is 9.78 Å². The number of carbonyl (C=O) groups is 1. The average molecular weight is 441 g/mol. The van der Waals surface area contributed by atoms with Crippen LogP contribution in [0, 0.1) is 0 Å². The fourth-order valence-corrected chi connectivity index (χ4v) is 4.85. The molecule has 0 N–H and O–H groups in total. The van der Waals surface area contributed by atoms with Crippen molar-refractivity contribution in [1.29, 1.82) is 0 Å². The number of ether oxygens (including phenoxy) is 2. The molecule has 2 heterocycles. The smallest absolute Gasteiger partial charge is 0.329 e. The summed E-state index contributed by atoms with van der Waals surface area (Å²) in [6.07, 6.45) is 7.52. The Kier molecular flexibility index (Phi) is 6.70. The van der Waals surface area contributed by atoms with E-state index < -0.39 is 6.04 Å². The first-order chi connectivity index (χ1) is 15.1. The number of thiophene rings is 1. The Balaban J connectivity index is 1.61. The van der Waals surface area contributed by atoms with Crippen LogP contribution < -0.4 is 10.3 Å². The zero-order chi connectivity index (χ0) is 21.8. The van der Waals surface area contributed by atoms with Gasteiger partial charge in [-0.3, -0.25) is 9.36 Å². The Morgan fingerprint density at radius 3 is 2.68 bits per heavy atom. The summed E-state index contributed by atoms with van der Waals surface area (Å²) in [5.41, 5.74) is 1.52. The van der Waals surface area contributed by atoms with Crippen molar-refractivity contribution >= 4 is 27.5 Å². The van der Waals surface area contributed by atoms with Crippen molar-refractivity contribution in [3.63, 3.8) is 0 Å². The Hall–Kier alpha value is -2.67. The van der Waals surface area contributed by atoms with Crippen LogP contribution >= 0.6 is 11.3 Å². The SMILES string of the molecule is CCCOc1ccc(-c2csc3ncn(C(C)C(=O)OC4CCCCC4)c(=O)c23)cc1. The van der Waals surface area contributed by atoms with Gasteiger partial charge in [0.25, 0.3) is 5.56 Å². The van der Waals surface area contributed by atoms with Crippen molar-refractivity contribution < 1.29 is 14.3 Å². The van der Waals surface area contributed by atoms with Crippen LogP contribution in [0.1, 0.15) is 58.4 Å². The third kappa shape index (κ3) is 4.66. The molecule has 0 saturated heterocycles. The van der Waals surface area contributed by atoms with E-state index in [1.807, 2.05) is 29.6 Å². The Morgan fingerprint density at radius 1 is 1.23 bits per heavy atom. The second kappa shape index (κ2) is 9.64. The minimum absolute atomic E-state index is 0.0405. The summed E-state index contributed by atoms with van der Waals surface area (Å²) in [5, 5.41) is 2.48. The van der Waals surface area contributed by atoms with Crippen molar-refractivity contribution in [2.45, 2.75) is 64.5 Å². The van der Waals surface area contributed by atoms with Crippen LogP contribution in [0.3, 0.4) is 0 Å². The third-order valence-electron chi connectivity index (χ3n) is 5.75. The molecule has 0 bridgehead atoms. The maximum absolute atomic E-state index is 13.3. The summed E-state index contributed by atoms with van der Waals surface area (Å²) in [5.74, 6) is 0.434. The van der Waals surface area contributed by atoms with E-state index in [2.05, 4.69) is 11.9 Å². The molecular formula is C24H28N2O4S. The number of carbonyl (C=O) groups excluding carboxylic acids is 1. The molecule has 6 nitrogen and oxygen atoms in total. The summed E-state index contributed by atoms with van der Waals surface area (Å²) < 4.78 is 12.7. The number of hydrogen-bond acceptors (Lipinski definition) is 6. The van der Waals surface area contributed by atoms with Crippen molar-refractivity contribution in [2.24, 2.45) is 0 Å². The monoisotopic (exact) mass is 440 g/mol. The van der Waals surface area contributed by atoms with Gasteiger partial charge in [0.15, 0.2) is 0 Å². The fourth-order valence-electron chi connectivity index (χ4n) is 3.94. The number of rotatable bonds is 7. The molecule has 2 aromatic heterocycles. The van der Waals surface area contributed by atoms with E-state index >= 15 is 0 Å². The third-order valence-corrected chi connectivity index (χ3v) is 6.64. The maximum atomic E-state index is 13.3. The molecule has 1 unspecified atom stereocenters. The lowest BCUT2D eigenvalue weighted by Crippen LogP contribution is -2.32. The van der Waals surface area contributed by atoms with Crippen molar-refractivity contribution in [3.05, 3.63) is 46.3 Å². The van der Waals surface area contributed by atoms with Gasteiger partial charge in [0.2, 0.25) is 0 Å². The number of nitrogens with zero attached hydrogens (tertiary/aromatic N) is 2. The molecule has 7 heteroatoms. The van der Waals surface area contributed by atoms with E-state index in [0.29, 0.717) is 16.8 Å². The lowest BCUT2D eigenvalue weighted by Gasteiger charge is -2.24. The van der Waals surface area contributed by atoms with Crippen LogP contribution in [0.5, 0.6) is 5.75 Å². The van der Waals surface area contributed by atoms with Gasteiger partial charge in [-0.15, -0.1) is 11.3 Å². The molecule has 4 rings (SSSR count). The summed E-state index contributed by atoms with van der Waals surface area (Å²) in [6, 6.07) is 7.00. The molecule has 1 fully saturated rings. The minimum Gasteiger partial charge on any atom is -0.494 e. The van der Waals surface area contributed by atoms with Crippen molar-refractivity contribution in [1.82, 2.24) is 9.55 Å². The van der Waals surface area contributed by atoms with Crippen LogP contribution in [0.15, 0.2) is 40.8 Å². The first-order valence-corrected chi connectivity index (χ1v) is 11.9. The molecular weight excluding hydrogens is 412 g/mol. The van der Waals surface area contributed by atoms with Crippen molar-refractivity contribution in [2.75, 3.05) is 6.61 Å². The number of benzene rings is 1. The minimum atomic E-state index is -0.719. The predicted molar refractivity (Wildman–Crippen MR) is 123 cm³/mol. The molecule has 1 aliphatic carbocycles. The zero-order valence-corrected chi connectivity index (χ0v) is 18.8. The van der Waals surface area contributed by atoms with Gasteiger partial charge in [-0.2, -0.15) is 0 Å². The van der Waals surface area contributed by atoms with Crippen LogP contribution in [0.25, 0.3) is 21.3 Å². The lowest BCUT2D eigenvalue weighted by atomic mass is 9.98. The average Bonchev–Trinajstić information content (AvgIpc) is 3.23. The van der Waals surface area contributed by atoms with Crippen LogP contribution in [0.2, 0.25) is 0 Å². The molecule has 0 amide bonds. The molecule has 1 aromatic carbocycles. The van der Waals surface area contributed by atoms with E-state index in [1.54, 1.807) is 6.92 Å². The number of esters is 1. The van der Waals surface area contributed by atoms with E-state index in [9.17, 15) is 9.59 Å². The molecule has 0 aliphatic heterocycles. The Labute approximate surface area is 185 Å². The normalized spacial score (nSPS) is 15.7. The van der Waals surface area contributed by atoms with E-state index in [-0.39, 0.29) is 17.6 Å². The van der Waals surface area contributed by atoms with Gasteiger partial charge in [0.1, 0.15) is 22.7 Å². The van der Waals surface area contributed by atoms with E-state index in [4.69, 9.17) is 9.47 Å². The molecule has 0 spiro atoms. The number of fused-ring (bicyclic) bond motifs is 1. The lowest BCUT2D eigenvalue weighted by molar-refractivity contribution is -0.154. The van der Waals surface area contributed by atoms with Gasteiger partial charge in [-0.05, 0) is 56.7 Å². The second-order valence-electron chi connectivity index (χ2n) is 8.03. The highest BCUT2D eigenvalue weighted by Crippen LogP contribution is 2.32. The van der Waals surface area contributed by atoms with E-state index in [1.165, 1.54) is 28.7 Å². The maximum Gasteiger partial charge on any atom is 0.329 e. The topological polar surface area (TPSA) is 70.4 Å². The first-order valence-electron chi connectivity index (χ1n) is 11.0. The van der Waals surface area contributed by atoms with Crippen LogP contribution in [-0.4, -0.2) is 28.2 Å². The predicted octanol–water partition coefficient (Wildman–Crippen LogP) is 5.35. The zero-order valence-electron chi connectivity index (χ0n) is 18.0. The Morgan fingerprint density at radius 2 is 1.97 bits per heavy atom. The molecule has 3 aromatic rings. The molecule has 164 valence electrons. The summed E-state index contributed by atoms with van der Waals surface area (Å²) in [6.45, 7) is 4.44. The molecule has 0 radical (unpaired) electrons. The fraction of sp³-hybridized carbons (Fsp3) is 0.458. The summed E-state index contributed by atoms with van der Waals surface area (Å²) >= 11 is 1.43. The molecule has 1 aliphatic rings. The highest BCUT2D eigenvalue weighted by molar-refractivity contribution is 7.17. The molecule has 1 atom stereocenters.